The fraction of sp³-hybridized carbons (Fsp3) is 0.382. The Balaban J connectivity index is 0.00000680. The standard InChI is InChI=1S/C68H82N3O19PS4.3Na/c1-67(36-20-46-92(75,76)77)58-49-55(94(81,82)83)31-34-60(58)70(39-18-10-11-22-52(72)23-19-38-69-65(73)51-30-33-57(66(74)88-4)62(48-51)91(53-24-12-8-13-25-53)54-26-14-9-15-27-54)63(67)28-16-6-5-7-17-29-64-68(2,37-21-47-93(78,79)80)59-50-56(95(84,85)86)32-35-61(59)71(64)40-41-89-44-45-90-43-42-87-3;;;/h5-9,12-17,24-35,48-50H,10-11,18-23,36-47H2,1-4H3,(H4-,69,73,75,76,77,78,79,80,81,82,83,84,85,86);;;/q;3*+1/p-1. The Bertz CT molecular complexity index is 4140. The molecule has 0 aromatic heterocycles. The number of Topliss-reactive ketones (excluding diaryl/α,β-unsaturated/α-hetero) is 1. The average Bonchev–Trinajstić information content (AvgIpc) is 1.58. The zero-order chi connectivity index (χ0) is 69.0. The van der Waals surface area contributed by atoms with Crippen LogP contribution in [0, 0.1) is 0 Å². The van der Waals surface area contributed by atoms with Crippen LogP contribution in [0.25, 0.3) is 0 Å². The number of amides is 1. The van der Waals surface area contributed by atoms with E-state index in [4.69, 9.17) is 18.9 Å². The van der Waals surface area contributed by atoms with Gasteiger partial charge in [-0.15, -0.1) is 0 Å². The fourth-order valence-electron chi connectivity index (χ4n) is 11.9. The van der Waals surface area contributed by atoms with E-state index in [0.29, 0.717) is 102 Å². The van der Waals surface area contributed by atoms with Gasteiger partial charge in [0.05, 0.1) is 76.8 Å². The molecule has 3 N–H and O–H groups in total. The van der Waals surface area contributed by atoms with Crippen molar-refractivity contribution in [1.82, 2.24) is 5.32 Å². The third-order valence-electron chi connectivity index (χ3n) is 16.6. The van der Waals surface area contributed by atoms with Crippen LogP contribution in [0.2, 0.25) is 0 Å². The molecule has 1 amide bonds. The molecular formula is C68H81N3Na3O19PS4+2. The summed E-state index contributed by atoms with van der Waals surface area (Å²) < 4.78 is 165. The van der Waals surface area contributed by atoms with Gasteiger partial charge in [0.15, 0.2) is 5.71 Å². The number of hydrogen-bond acceptors (Lipinski definition) is 18. The van der Waals surface area contributed by atoms with Gasteiger partial charge in [0, 0.05) is 90.6 Å². The van der Waals surface area contributed by atoms with E-state index in [0.717, 1.165) is 10.6 Å². The van der Waals surface area contributed by atoms with Gasteiger partial charge in [-0.2, -0.15) is 21.4 Å². The van der Waals surface area contributed by atoms with Gasteiger partial charge in [-0.25, -0.2) is 21.6 Å². The topological polar surface area (TPSA) is 330 Å². The van der Waals surface area contributed by atoms with Crippen molar-refractivity contribution >= 4 is 99.1 Å². The van der Waals surface area contributed by atoms with Crippen molar-refractivity contribution < 1.29 is 178 Å². The van der Waals surface area contributed by atoms with E-state index in [1.165, 1.54) is 37.4 Å². The molecule has 5 aromatic rings. The minimum absolute atomic E-state index is 0. The summed E-state index contributed by atoms with van der Waals surface area (Å²) >= 11 is 0. The summed E-state index contributed by atoms with van der Waals surface area (Å²) in [4.78, 5) is 41.0. The van der Waals surface area contributed by atoms with Crippen molar-refractivity contribution in [3.05, 3.63) is 186 Å². The van der Waals surface area contributed by atoms with Gasteiger partial charge in [-0.05, 0) is 137 Å². The quantitative estimate of drug-likeness (QED) is 0.00819. The van der Waals surface area contributed by atoms with Crippen LogP contribution < -0.4 is 115 Å². The van der Waals surface area contributed by atoms with Crippen molar-refractivity contribution in [2.75, 3.05) is 83.3 Å². The number of nitrogens with zero attached hydrogens (tertiary/aromatic N) is 2. The minimum Gasteiger partial charge on any atom is -0.748 e. The minimum atomic E-state index is -4.95. The molecule has 30 heteroatoms. The molecule has 2 unspecified atom stereocenters. The number of unbranched alkanes of at least 4 members (excludes halogenated alkanes) is 2. The van der Waals surface area contributed by atoms with Crippen LogP contribution in [-0.2, 0) is 75.0 Å². The van der Waals surface area contributed by atoms with Gasteiger partial charge in [-0.1, -0.05) is 91.0 Å². The summed E-state index contributed by atoms with van der Waals surface area (Å²) in [5, 5.41) is 5.54. The zero-order valence-electron chi connectivity index (χ0n) is 56.5. The van der Waals surface area contributed by atoms with Gasteiger partial charge in [0.25, 0.3) is 26.1 Å². The number of hydrogen-bond donors (Lipinski definition) is 3. The summed E-state index contributed by atoms with van der Waals surface area (Å²) in [5.41, 5.74) is 1.83. The molecule has 0 aliphatic carbocycles. The Hall–Kier alpha value is -3.91. The summed E-state index contributed by atoms with van der Waals surface area (Å²) in [6.07, 6.45) is 14.7. The number of anilines is 1. The van der Waals surface area contributed by atoms with Gasteiger partial charge < -0.3 is 38.3 Å². The normalized spacial score (nSPS) is 16.7. The second kappa shape index (κ2) is 40.2. The first-order valence-electron chi connectivity index (χ1n) is 30.9. The molecule has 0 bridgehead atoms. The Kier molecular flexibility index (Phi) is 35.5. The van der Waals surface area contributed by atoms with Crippen LogP contribution in [-0.4, -0.2) is 158 Å². The molecule has 22 nitrogen and oxygen atoms in total. The zero-order valence-corrected chi connectivity index (χ0v) is 66.6. The number of allylic oxidation sites excluding steroid dienone is 8. The largest absolute Gasteiger partial charge is 1.00 e. The Morgan fingerprint density at radius 1 is 0.633 bits per heavy atom. The predicted octanol–water partition coefficient (Wildman–Crippen LogP) is -0.906. The molecule has 2 aliphatic heterocycles. The molecule has 5 aromatic carbocycles. The van der Waals surface area contributed by atoms with Crippen molar-refractivity contribution in [3.63, 3.8) is 0 Å². The summed E-state index contributed by atoms with van der Waals surface area (Å²) in [5.74, 6) is -2.16. The van der Waals surface area contributed by atoms with Crippen LogP contribution >= 0.6 is 7.92 Å². The van der Waals surface area contributed by atoms with E-state index in [1.54, 1.807) is 80.8 Å². The number of fused-ring (bicyclic) bond motifs is 2. The van der Waals surface area contributed by atoms with E-state index < -0.39 is 81.6 Å². The molecule has 512 valence electrons. The van der Waals surface area contributed by atoms with Gasteiger partial charge >= 0.3 is 94.6 Å². The number of rotatable bonds is 38. The summed E-state index contributed by atoms with van der Waals surface area (Å²) in [6.45, 7) is 5.96. The molecule has 0 spiro atoms. The van der Waals surface area contributed by atoms with E-state index in [2.05, 4.69) is 5.32 Å². The maximum Gasteiger partial charge on any atom is 1.00 e. The molecule has 2 atom stereocenters. The van der Waals surface area contributed by atoms with Crippen molar-refractivity contribution in [2.24, 2.45) is 0 Å². The first-order valence-corrected chi connectivity index (χ1v) is 38.3. The number of esters is 1. The van der Waals surface area contributed by atoms with Crippen LogP contribution in [0.15, 0.2) is 173 Å². The maximum absolute atomic E-state index is 13.6. The molecule has 2 heterocycles. The molecule has 7 rings (SSSR count). The first kappa shape index (κ1) is 86.5. The van der Waals surface area contributed by atoms with E-state index in [-0.39, 0.29) is 170 Å². The van der Waals surface area contributed by atoms with Gasteiger partial charge in [0.2, 0.25) is 5.69 Å². The van der Waals surface area contributed by atoms with Crippen LogP contribution in [0.3, 0.4) is 0 Å². The number of methoxy groups -OCH3 is 2. The smallest absolute Gasteiger partial charge is 0.748 e. The number of benzene rings is 5. The number of carbonyl (C=O) groups excluding carboxylic acids is 3. The Morgan fingerprint density at radius 2 is 1.22 bits per heavy atom. The average molecular weight is 1470 g/mol. The predicted molar refractivity (Wildman–Crippen MR) is 363 cm³/mol. The number of ketones is 1. The monoisotopic (exact) mass is 1470 g/mol. The summed E-state index contributed by atoms with van der Waals surface area (Å²) in [6, 6.07) is 32.6. The number of nitrogens with one attached hydrogen (secondary N) is 1. The van der Waals surface area contributed by atoms with Crippen molar-refractivity contribution in [1.29, 1.82) is 0 Å². The fourth-order valence-corrected chi connectivity index (χ4v) is 16.4. The van der Waals surface area contributed by atoms with Crippen LogP contribution in [0.4, 0.5) is 11.4 Å². The Morgan fingerprint density at radius 3 is 1.85 bits per heavy atom. The third kappa shape index (κ3) is 24.6. The van der Waals surface area contributed by atoms with Crippen molar-refractivity contribution in [2.45, 2.75) is 98.7 Å². The molecule has 0 saturated heterocycles. The van der Waals surface area contributed by atoms with Crippen LogP contribution in [0.1, 0.15) is 110 Å². The molecular weight excluding hydrogens is 1390 g/mol. The second-order valence-electron chi connectivity index (χ2n) is 23.2. The second-order valence-corrected chi connectivity index (χ2v) is 31.3. The van der Waals surface area contributed by atoms with Crippen LogP contribution in [0.5, 0.6) is 0 Å². The Labute approximate surface area is 643 Å². The summed E-state index contributed by atoms with van der Waals surface area (Å²) in [7, 11) is -17.0. The van der Waals surface area contributed by atoms with Gasteiger partial charge in [0.1, 0.15) is 22.4 Å². The van der Waals surface area contributed by atoms with E-state index in [9.17, 15) is 66.3 Å². The SMILES string of the molecule is COCCOCCOCCN1C(=CC=CC=CC=CC2=[N+](CCCCCC(=O)CCCNC(=O)c3ccc(C(=O)OC)c(P(c4ccccc4)c4ccccc4)c3)c3ccc(S(=O)(=O)[O-])cc3C2(C)CCCS(=O)(=O)[O-])C(C)(CCCS(=O)(=O)O)c2cc(S(=O)(=O)O)ccc21.[Na+].[Na+].[Na+]. The molecule has 0 saturated carbocycles. The number of ether oxygens (including phenoxy) is 4. The van der Waals surface area contributed by atoms with E-state index >= 15 is 0 Å². The number of carbonyl (C=O) groups is 3. The van der Waals surface area contributed by atoms with Gasteiger partial charge in [-0.3, -0.25) is 18.7 Å². The molecule has 0 radical (unpaired) electrons. The van der Waals surface area contributed by atoms with Crippen molar-refractivity contribution in [3.8, 4) is 0 Å². The third-order valence-corrected chi connectivity index (χ3v) is 22.3. The first-order chi connectivity index (χ1) is 45.1. The molecule has 98 heavy (non-hydrogen) atoms. The molecule has 0 fully saturated rings. The maximum atomic E-state index is 13.6. The van der Waals surface area contributed by atoms with E-state index in [1.807, 2.05) is 77.1 Å². The molecule has 2 aliphatic rings.